The van der Waals surface area contributed by atoms with Gasteiger partial charge < -0.3 is 4.90 Å². The molecular weight excluding hydrogens is 197 g/mol. The van der Waals surface area contributed by atoms with Gasteiger partial charge in [0.15, 0.2) is 11.3 Å². The summed E-state index contributed by atoms with van der Waals surface area (Å²) >= 11 is 0. The van der Waals surface area contributed by atoms with Gasteiger partial charge in [-0.3, -0.25) is 9.59 Å². The van der Waals surface area contributed by atoms with Crippen molar-refractivity contribution in [2.75, 3.05) is 27.3 Å². The van der Waals surface area contributed by atoms with Crippen molar-refractivity contribution < 1.29 is 9.59 Å². The second-order valence-electron chi connectivity index (χ2n) is 3.30. The Labute approximate surface area is 87.3 Å². The summed E-state index contributed by atoms with van der Waals surface area (Å²) in [6, 6.07) is 0. The van der Waals surface area contributed by atoms with Crippen LogP contribution in [0.25, 0.3) is 0 Å². The van der Waals surface area contributed by atoms with Crippen LogP contribution in [0.3, 0.4) is 0 Å². The van der Waals surface area contributed by atoms with Crippen LogP contribution in [0.2, 0.25) is 0 Å². The van der Waals surface area contributed by atoms with E-state index in [1.165, 1.54) is 0 Å². The lowest BCUT2D eigenvalue weighted by Crippen LogP contribution is -2.11. The molecule has 0 aromatic heterocycles. The Bertz CT molecular complexity index is 224. The minimum absolute atomic E-state index is 0.0402. The van der Waals surface area contributed by atoms with Crippen molar-refractivity contribution in [3.05, 3.63) is 12.2 Å². The number of hydrogen-bond donors (Lipinski definition) is 0. The number of carbonyl (C=O) groups excluding carboxylic acids is 2. The molecule has 0 spiro atoms. The van der Waals surface area contributed by atoms with Crippen LogP contribution in [0.4, 0.5) is 0 Å². The first-order chi connectivity index (χ1) is 6.56. The predicted molar refractivity (Wildman–Crippen MR) is 61.2 cm³/mol. The van der Waals surface area contributed by atoms with Crippen LogP contribution in [0.1, 0.15) is 12.8 Å². The summed E-state index contributed by atoms with van der Waals surface area (Å²) in [4.78, 5) is 24.1. The number of ketones is 1. The van der Waals surface area contributed by atoms with Gasteiger partial charge in [0.1, 0.15) is 0 Å². The number of rotatable bonds is 7. The molecule has 0 saturated heterocycles. The summed E-state index contributed by atoms with van der Waals surface area (Å²) < 4.78 is 0. The van der Waals surface area contributed by atoms with Gasteiger partial charge in [0, 0.05) is 19.4 Å². The van der Waals surface area contributed by atoms with Crippen LogP contribution < -0.4 is 0 Å². The van der Waals surface area contributed by atoms with Crippen molar-refractivity contribution in [1.82, 2.24) is 4.90 Å². The fraction of sp³-hybridized carbons (Fsp3) is 0.600. The van der Waals surface area contributed by atoms with Crippen molar-refractivity contribution in [1.29, 1.82) is 0 Å². The first kappa shape index (κ1) is 13.5. The molecule has 0 saturated carbocycles. The highest BCUT2D eigenvalue weighted by atomic mass is 31.1. The maximum atomic E-state index is 11.2. The first-order valence-corrected chi connectivity index (χ1v) is 6.11. The van der Waals surface area contributed by atoms with Crippen LogP contribution in [-0.4, -0.2) is 43.5 Å². The second kappa shape index (κ2) is 7.84. The Morgan fingerprint density at radius 3 is 2.43 bits per heavy atom. The molecule has 1 unspecified atom stereocenters. The third-order valence-corrected chi connectivity index (χ3v) is 2.46. The van der Waals surface area contributed by atoms with Crippen LogP contribution >= 0.6 is 8.58 Å². The Kier molecular flexibility index (Phi) is 7.54. The maximum Gasteiger partial charge on any atom is 0.155 e. The lowest BCUT2D eigenvalue weighted by atomic mass is 10.2. The molecule has 1 atom stereocenters. The number of hydrogen-bond acceptors (Lipinski definition) is 3. The average molecular weight is 215 g/mol. The lowest BCUT2D eigenvalue weighted by Gasteiger charge is -2.03. The molecule has 0 amide bonds. The number of likely N-dealkylation sites (N-methyl/N-ethyl adjacent to an activating group) is 1. The predicted octanol–water partition coefficient (Wildman–Crippen LogP) is 1.29. The molecule has 3 nitrogen and oxygen atoms in total. The Morgan fingerprint density at radius 1 is 1.29 bits per heavy atom. The monoisotopic (exact) mass is 215 g/mol. The van der Waals surface area contributed by atoms with Crippen molar-refractivity contribution in [3.8, 4) is 0 Å². The van der Waals surface area contributed by atoms with Gasteiger partial charge >= 0.3 is 0 Å². The fourth-order valence-corrected chi connectivity index (χ4v) is 1.22. The standard InChI is InChI=1S/C10H18NO2P/c1-11(2)8-4-5-9(12)6-7-10(13)14-3/h4-5,14H,6-8H2,1-3H3/b5-4+. The Hall–Kier alpha value is -0.530. The number of allylic oxidation sites excluding steroid dienone is 1. The summed E-state index contributed by atoms with van der Waals surface area (Å²) in [6.07, 6.45) is 4.12. The molecule has 0 radical (unpaired) electrons. The molecule has 80 valence electrons. The van der Waals surface area contributed by atoms with Gasteiger partial charge in [-0.05, 0) is 26.8 Å². The molecule has 0 heterocycles. The third-order valence-electron chi connectivity index (χ3n) is 1.65. The van der Waals surface area contributed by atoms with E-state index < -0.39 is 0 Å². The topological polar surface area (TPSA) is 37.4 Å². The van der Waals surface area contributed by atoms with E-state index >= 15 is 0 Å². The highest BCUT2D eigenvalue weighted by Crippen LogP contribution is 2.09. The van der Waals surface area contributed by atoms with Crippen LogP contribution in [-0.2, 0) is 9.59 Å². The van der Waals surface area contributed by atoms with E-state index in [0.717, 1.165) is 6.54 Å². The molecule has 0 fully saturated rings. The molecule has 0 aliphatic rings. The molecule has 14 heavy (non-hydrogen) atoms. The van der Waals surface area contributed by atoms with Crippen LogP contribution in [0.5, 0.6) is 0 Å². The first-order valence-electron chi connectivity index (χ1n) is 4.61. The van der Waals surface area contributed by atoms with Gasteiger partial charge in [-0.25, -0.2) is 0 Å². The molecule has 0 bridgehead atoms. The largest absolute Gasteiger partial charge is 0.306 e. The summed E-state index contributed by atoms with van der Waals surface area (Å²) in [5, 5.41) is 0. The van der Waals surface area contributed by atoms with E-state index in [2.05, 4.69) is 0 Å². The SMILES string of the molecule is CPC(=O)CCC(=O)/C=C/CN(C)C. The van der Waals surface area contributed by atoms with E-state index in [9.17, 15) is 9.59 Å². The molecule has 0 aromatic carbocycles. The van der Waals surface area contributed by atoms with E-state index in [0.29, 0.717) is 21.4 Å². The zero-order valence-electron chi connectivity index (χ0n) is 9.04. The normalized spacial score (nSPS) is 12.0. The van der Waals surface area contributed by atoms with Crippen molar-refractivity contribution in [3.63, 3.8) is 0 Å². The smallest absolute Gasteiger partial charge is 0.155 e. The van der Waals surface area contributed by atoms with Gasteiger partial charge in [0.05, 0.1) is 0 Å². The highest BCUT2D eigenvalue weighted by Gasteiger charge is 2.01. The minimum atomic E-state index is 0.0402. The molecule has 0 aromatic rings. The van der Waals surface area contributed by atoms with Crippen molar-refractivity contribution in [2.45, 2.75) is 12.8 Å². The quantitative estimate of drug-likeness (QED) is 0.474. The van der Waals surface area contributed by atoms with Crippen LogP contribution in [0, 0.1) is 0 Å². The van der Waals surface area contributed by atoms with Crippen LogP contribution in [0.15, 0.2) is 12.2 Å². The number of nitrogens with zero attached hydrogens (tertiary/aromatic N) is 1. The average Bonchev–Trinajstić information content (AvgIpc) is 2.13. The van der Waals surface area contributed by atoms with Gasteiger partial charge in [0.2, 0.25) is 0 Å². The van der Waals surface area contributed by atoms with E-state index in [1.54, 1.807) is 6.08 Å². The Balaban J connectivity index is 3.65. The summed E-state index contributed by atoms with van der Waals surface area (Å²) in [5.41, 5.74) is 0.180. The lowest BCUT2D eigenvalue weighted by molar-refractivity contribution is -0.118. The van der Waals surface area contributed by atoms with Gasteiger partial charge in [0.25, 0.3) is 0 Å². The molecular formula is C10H18NO2P. The molecule has 0 aliphatic carbocycles. The van der Waals surface area contributed by atoms with Gasteiger partial charge in [-0.2, -0.15) is 0 Å². The summed E-state index contributed by atoms with van der Waals surface area (Å²) in [5.74, 6) is 0.0402. The number of carbonyl (C=O) groups is 2. The van der Waals surface area contributed by atoms with E-state index in [1.807, 2.05) is 31.7 Å². The second-order valence-corrected chi connectivity index (χ2v) is 4.36. The van der Waals surface area contributed by atoms with E-state index in [4.69, 9.17) is 0 Å². The van der Waals surface area contributed by atoms with Gasteiger partial charge in [-0.15, -0.1) is 0 Å². The third kappa shape index (κ3) is 8.09. The summed E-state index contributed by atoms with van der Waals surface area (Å²) in [7, 11) is 4.19. The molecule has 4 heteroatoms. The van der Waals surface area contributed by atoms with E-state index in [-0.39, 0.29) is 11.3 Å². The maximum absolute atomic E-state index is 11.2. The van der Waals surface area contributed by atoms with Crippen molar-refractivity contribution >= 4 is 19.9 Å². The fourth-order valence-electron chi connectivity index (χ4n) is 0.840. The van der Waals surface area contributed by atoms with Crippen molar-refractivity contribution in [2.24, 2.45) is 0 Å². The zero-order valence-corrected chi connectivity index (χ0v) is 10.0. The molecule has 0 rings (SSSR count). The zero-order chi connectivity index (χ0) is 11.0. The van der Waals surface area contributed by atoms with Gasteiger partial charge in [-0.1, -0.05) is 14.7 Å². The minimum Gasteiger partial charge on any atom is -0.306 e. The Morgan fingerprint density at radius 2 is 1.93 bits per heavy atom. The highest BCUT2D eigenvalue weighted by molar-refractivity contribution is 7.57. The molecule has 0 aliphatic heterocycles. The molecule has 0 N–H and O–H groups in total. The summed E-state index contributed by atoms with van der Waals surface area (Å²) in [6.45, 7) is 2.60.